The number of carboxylic acid groups (broad SMARTS) is 1. The second-order valence-electron chi connectivity index (χ2n) is 5.59. The van der Waals surface area contributed by atoms with Gasteiger partial charge in [-0.3, -0.25) is 4.79 Å². The van der Waals surface area contributed by atoms with Crippen LogP contribution in [0.3, 0.4) is 0 Å². The maximum Gasteiger partial charge on any atom is 0.303 e. The summed E-state index contributed by atoms with van der Waals surface area (Å²) >= 11 is 0. The van der Waals surface area contributed by atoms with E-state index in [0.717, 1.165) is 22.4 Å². The molecule has 0 radical (unpaired) electrons. The number of pyridine rings is 1. The smallest absolute Gasteiger partial charge is 0.303 e. The molecule has 1 heterocycles. The van der Waals surface area contributed by atoms with Crippen LogP contribution >= 0.6 is 0 Å². The van der Waals surface area contributed by atoms with Crippen LogP contribution < -0.4 is 0 Å². The van der Waals surface area contributed by atoms with Crippen LogP contribution in [0.5, 0.6) is 0 Å². The first kappa shape index (κ1) is 15.2. The Morgan fingerprint density at radius 2 is 1.87 bits per heavy atom. The van der Waals surface area contributed by atoms with Crippen molar-refractivity contribution in [3.8, 4) is 11.3 Å². The third kappa shape index (κ3) is 3.37. The van der Waals surface area contributed by atoms with Crippen molar-refractivity contribution in [2.45, 2.75) is 19.8 Å². The highest BCUT2D eigenvalue weighted by atomic mass is 19.1. The van der Waals surface area contributed by atoms with E-state index >= 15 is 0 Å². The van der Waals surface area contributed by atoms with Crippen LogP contribution in [0.15, 0.2) is 48.5 Å². The summed E-state index contributed by atoms with van der Waals surface area (Å²) in [5.41, 5.74) is 4.35. The van der Waals surface area contributed by atoms with Gasteiger partial charge in [0.2, 0.25) is 0 Å². The first-order chi connectivity index (χ1) is 11.0. The van der Waals surface area contributed by atoms with Crippen molar-refractivity contribution in [1.82, 2.24) is 4.98 Å². The minimum Gasteiger partial charge on any atom is -0.481 e. The molecular weight excluding hydrogens is 293 g/mol. The summed E-state index contributed by atoms with van der Waals surface area (Å²) in [4.78, 5) is 15.5. The Morgan fingerprint density at radius 1 is 1.13 bits per heavy atom. The highest BCUT2D eigenvalue weighted by molar-refractivity contribution is 5.85. The average Bonchev–Trinajstić information content (AvgIpc) is 2.53. The number of halogens is 1. The van der Waals surface area contributed by atoms with E-state index in [9.17, 15) is 9.18 Å². The molecule has 0 unspecified atom stereocenters. The van der Waals surface area contributed by atoms with Crippen molar-refractivity contribution >= 4 is 16.9 Å². The monoisotopic (exact) mass is 309 g/mol. The van der Waals surface area contributed by atoms with Gasteiger partial charge in [-0.25, -0.2) is 9.37 Å². The molecule has 116 valence electrons. The van der Waals surface area contributed by atoms with E-state index in [0.29, 0.717) is 17.3 Å². The summed E-state index contributed by atoms with van der Waals surface area (Å²) in [6.45, 7) is 2.01. The van der Waals surface area contributed by atoms with Gasteiger partial charge in [0, 0.05) is 17.4 Å². The minimum atomic E-state index is -0.872. The Bertz CT molecular complexity index is 872. The maximum absolute atomic E-state index is 13.5. The zero-order valence-corrected chi connectivity index (χ0v) is 12.7. The van der Waals surface area contributed by atoms with E-state index in [4.69, 9.17) is 5.11 Å². The molecule has 0 amide bonds. The summed E-state index contributed by atoms with van der Waals surface area (Å²) < 4.78 is 13.5. The maximum atomic E-state index is 13.5. The summed E-state index contributed by atoms with van der Waals surface area (Å²) in [6.07, 6.45) is 0.347. The average molecular weight is 309 g/mol. The lowest BCUT2D eigenvalue weighted by Crippen LogP contribution is -2.00. The fraction of sp³-hybridized carbons (Fsp3) is 0.158. The predicted molar refractivity (Wildman–Crippen MR) is 87.8 cm³/mol. The first-order valence-electron chi connectivity index (χ1n) is 7.41. The number of aryl methyl sites for hydroxylation is 2. The lowest BCUT2D eigenvalue weighted by atomic mass is 10.00. The Balaban J connectivity index is 2.14. The SMILES string of the molecule is Cc1ccc(-c2cc(CCC(=O)O)c3cc(F)ccc3n2)cc1. The number of benzene rings is 2. The fourth-order valence-electron chi connectivity index (χ4n) is 2.59. The number of hydrogen-bond donors (Lipinski definition) is 1. The molecule has 0 saturated carbocycles. The zero-order valence-electron chi connectivity index (χ0n) is 12.7. The van der Waals surface area contributed by atoms with Gasteiger partial charge >= 0.3 is 5.97 Å². The van der Waals surface area contributed by atoms with Gasteiger partial charge in [-0.2, -0.15) is 0 Å². The van der Waals surface area contributed by atoms with Crippen molar-refractivity contribution < 1.29 is 14.3 Å². The van der Waals surface area contributed by atoms with Crippen molar-refractivity contribution in [2.24, 2.45) is 0 Å². The molecule has 23 heavy (non-hydrogen) atoms. The Morgan fingerprint density at radius 3 is 2.57 bits per heavy atom. The second-order valence-corrected chi connectivity index (χ2v) is 5.59. The van der Waals surface area contributed by atoms with Crippen LogP contribution in [-0.2, 0) is 11.2 Å². The van der Waals surface area contributed by atoms with E-state index in [1.165, 1.54) is 12.1 Å². The van der Waals surface area contributed by atoms with E-state index in [1.807, 2.05) is 37.3 Å². The van der Waals surface area contributed by atoms with Gasteiger partial charge in [-0.15, -0.1) is 0 Å². The molecule has 3 nitrogen and oxygen atoms in total. The van der Waals surface area contributed by atoms with Gasteiger partial charge in [-0.1, -0.05) is 29.8 Å². The molecule has 0 atom stereocenters. The summed E-state index contributed by atoms with van der Waals surface area (Å²) in [5.74, 6) is -1.22. The Labute approximate surface area is 133 Å². The Kier molecular flexibility index (Phi) is 4.06. The molecule has 0 aliphatic carbocycles. The lowest BCUT2D eigenvalue weighted by Gasteiger charge is -2.10. The van der Waals surface area contributed by atoms with Gasteiger partial charge in [-0.05, 0) is 43.2 Å². The largest absolute Gasteiger partial charge is 0.481 e. The Hall–Kier alpha value is -2.75. The molecule has 0 spiro atoms. The number of hydrogen-bond acceptors (Lipinski definition) is 2. The van der Waals surface area contributed by atoms with Gasteiger partial charge in [0.1, 0.15) is 5.82 Å². The molecule has 0 saturated heterocycles. The van der Waals surface area contributed by atoms with Gasteiger partial charge in [0.15, 0.2) is 0 Å². The van der Waals surface area contributed by atoms with E-state index < -0.39 is 5.97 Å². The molecule has 2 aromatic carbocycles. The molecule has 4 heteroatoms. The van der Waals surface area contributed by atoms with E-state index in [-0.39, 0.29) is 12.2 Å². The zero-order chi connectivity index (χ0) is 16.4. The molecule has 0 bridgehead atoms. The number of carboxylic acids is 1. The number of nitrogens with zero attached hydrogens (tertiary/aromatic N) is 1. The topological polar surface area (TPSA) is 50.2 Å². The van der Waals surface area contributed by atoms with Crippen molar-refractivity contribution in [3.05, 3.63) is 65.5 Å². The highest BCUT2D eigenvalue weighted by Gasteiger charge is 2.10. The van der Waals surface area contributed by atoms with Crippen LogP contribution in [0.2, 0.25) is 0 Å². The fourth-order valence-corrected chi connectivity index (χ4v) is 2.59. The van der Waals surface area contributed by atoms with E-state index in [2.05, 4.69) is 4.98 Å². The summed E-state index contributed by atoms with van der Waals surface area (Å²) in [7, 11) is 0. The molecule has 3 rings (SSSR count). The van der Waals surface area contributed by atoms with Crippen LogP contribution in [0.4, 0.5) is 4.39 Å². The lowest BCUT2D eigenvalue weighted by molar-refractivity contribution is -0.136. The first-order valence-corrected chi connectivity index (χ1v) is 7.41. The van der Waals surface area contributed by atoms with Crippen LogP contribution in [0.25, 0.3) is 22.2 Å². The summed E-state index contributed by atoms with van der Waals surface area (Å²) in [5, 5.41) is 9.60. The minimum absolute atomic E-state index is 0.00294. The van der Waals surface area contributed by atoms with Gasteiger partial charge < -0.3 is 5.11 Å². The standard InChI is InChI=1S/C19H16FNO2/c1-12-2-4-13(5-3-12)18-10-14(6-9-19(22)23)16-11-15(20)7-8-17(16)21-18/h2-5,7-8,10-11H,6,9H2,1H3,(H,22,23). The van der Waals surface area contributed by atoms with Crippen molar-refractivity contribution in [2.75, 3.05) is 0 Å². The second kappa shape index (κ2) is 6.16. The van der Waals surface area contributed by atoms with Crippen LogP contribution in [0.1, 0.15) is 17.5 Å². The molecule has 1 N–H and O–H groups in total. The van der Waals surface area contributed by atoms with Crippen LogP contribution in [0, 0.1) is 12.7 Å². The molecule has 3 aromatic rings. The normalized spacial score (nSPS) is 10.9. The summed E-state index contributed by atoms with van der Waals surface area (Å²) in [6, 6.07) is 14.2. The number of aromatic nitrogens is 1. The molecular formula is C19H16FNO2. The van der Waals surface area contributed by atoms with Crippen molar-refractivity contribution in [3.63, 3.8) is 0 Å². The third-order valence-corrected chi connectivity index (χ3v) is 3.81. The predicted octanol–water partition coefficient (Wildman–Crippen LogP) is 4.37. The molecule has 0 fully saturated rings. The molecule has 0 aliphatic rings. The van der Waals surface area contributed by atoms with Crippen LogP contribution in [-0.4, -0.2) is 16.1 Å². The molecule has 1 aromatic heterocycles. The van der Waals surface area contributed by atoms with Gasteiger partial charge in [0.05, 0.1) is 11.2 Å². The highest BCUT2D eigenvalue weighted by Crippen LogP contribution is 2.26. The quantitative estimate of drug-likeness (QED) is 0.778. The number of aliphatic carboxylic acids is 1. The van der Waals surface area contributed by atoms with Crippen molar-refractivity contribution in [1.29, 1.82) is 0 Å². The third-order valence-electron chi connectivity index (χ3n) is 3.81. The van der Waals surface area contributed by atoms with E-state index in [1.54, 1.807) is 6.07 Å². The number of rotatable bonds is 4. The van der Waals surface area contributed by atoms with Gasteiger partial charge in [0.25, 0.3) is 0 Å². The molecule has 0 aliphatic heterocycles. The number of fused-ring (bicyclic) bond motifs is 1. The number of carbonyl (C=O) groups is 1.